The topological polar surface area (TPSA) is 12.0 Å². The van der Waals surface area contributed by atoms with Crippen LogP contribution < -0.4 is 5.32 Å². The van der Waals surface area contributed by atoms with E-state index in [0.29, 0.717) is 0 Å². The first kappa shape index (κ1) is 12.0. The van der Waals surface area contributed by atoms with Crippen LogP contribution in [0.2, 0.25) is 0 Å². The molecular weight excluding hydrogens is 214 g/mol. The van der Waals surface area contributed by atoms with Crippen molar-refractivity contribution in [1.82, 2.24) is 5.32 Å². The SMILES string of the molecule is SC1(CNCc2ccccc2)CCCCC1. The molecule has 1 saturated carbocycles. The number of rotatable bonds is 4. The Hall–Kier alpha value is -0.470. The lowest BCUT2D eigenvalue weighted by Crippen LogP contribution is -2.37. The lowest BCUT2D eigenvalue weighted by molar-refractivity contribution is 0.381. The molecule has 0 spiro atoms. The fourth-order valence-electron chi connectivity index (χ4n) is 2.42. The fraction of sp³-hybridized carbons (Fsp3) is 0.571. The smallest absolute Gasteiger partial charge is 0.0254 e. The Balaban J connectivity index is 1.75. The second-order valence-electron chi connectivity index (χ2n) is 4.87. The van der Waals surface area contributed by atoms with Gasteiger partial charge in [-0.3, -0.25) is 0 Å². The summed E-state index contributed by atoms with van der Waals surface area (Å²) in [6, 6.07) is 10.6. The van der Waals surface area contributed by atoms with E-state index < -0.39 is 0 Å². The van der Waals surface area contributed by atoms with Crippen molar-refractivity contribution in [2.45, 2.75) is 43.4 Å². The lowest BCUT2D eigenvalue weighted by atomic mass is 9.88. The van der Waals surface area contributed by atoms with Crippen molar-refractivity contribution in [2.75, 3.05) is 6.54 Å². The van der Waals surface area contributed by atoms with E-state index in [0.717, 1.165) is 13.1 Å². The predicted molar refractivity (Wildman–Crippen MR) is 73.0 cm³/mol. The summed E-state index contributed by atoms with van der Waals surface area (Å²) in [5.41, 5.74) is 1.36. The minimum absolute atomic E-state index is 0.243. The molecule has 2 heteroatoms. The second-order valence-corrected chi connectivity index (χ2v) is 5.82. The van der Waals surface area contributed by atoms with Gasteiger partial charge in [0.05, 0.1) is 0 Å². The number of nitrogens with one attached hydrogen (secondary N) is 1. The predicted octanol–water partition coefficient (Wildman–Crippen LogP) is 3.41. The van der Waals surface area contributed by atoms with E-state index in [4.69, 9.17) is 12.6 Å². The van der Waals surface area contributed by atoms with Gasteiger partial charge in [-0.2, -0.15) is 12.6 Å². The van der Waals surface area contributed by atoms with Gasteiger partial charge in [-0.1, -0.05) is 49.6 Å². The van der Waals surface area contributed by atoms with E-state index >= 15 is 0 Å². The van der Waals surface area contributed by atoms with Gasteiger partial charge >= 0.3 is 0 Å². The van der Waals surface area contributed by atoms with Crippen LogP contribution in [-0.4, -0.2) is 11.3 Å². The molecule has 1 nitrogen and oxygen atoms in total. The molecule has 0 radical (unpaired) electrons. The van der Waals surface area contributed by atoms with Crippen molar-refractivity contribution < 1.29 is 0 Å². The number of hydrogen-bond acceptors (Lipinski definition) is 2. The quantitative estimate of drug-likeness (QED) is 0.762. The van der Waals surface area contributed by atoms with Crippen LogP contribution >= 0.6 is 12.6 Å². The normalized spacial score (nSPS) is 19.6. The van der Waals surface area contributed by atoms with E-state index in [1.54, 1.807) is 0 Å². The van der Waals surface area contributed by atoms with Gasteiger partial charge in [0.25, 0.3) is 0 Å². The molecule has 1 N–H and O–H groups in total. The van der Waals surface area contributed by atoms with Crippen LogP contribution in [0.1, 0.15) is 37.7 Å². The van der Waals surface area contributed by atoms with Crippen molar-refractivity contribution in [3.63, 3.8) is 0 Å². The average Bonchev–Trinajstić information content (AvgIpc) is 2.31. The summed E-state index contributed by atoms with van der Waals surface area (Å²) < 4.78 is 0.243. The molecule has 0 aliphatic heterocycles. The number of thiol groups is 1. The Morgan fingerprint density at radius 2 is 1.75 bits per heavy atom. The average molecular weight is 235 g/mol. The molecule has 88 valence electrons. The Bertz CT molecular complexity index is 304. The van der Waals surface area contributed by atoms with Crippen LogP contribution in [0.4, 0.5) is 0 Å². The lowest BCUT2D eigenvalue weighted by Gasteiger charge is -2.32. The first-order valence-electron chi connectivity index (χ1n) is 6.26. The van der Waals surface area contributed by atoms with Crippen LogP contribution in [-0.2, 0) is 6.54 Å². The molecule has 0 unspecified atom stereocenters. The van der Waals surface area contributed by atoms with Crippen LogP contribution in [0, 0.1) is 0 Å². The molecule has 0 bridgehead atoms. The van der Waals surface area contributed by atoms with E-state index in [2.05, 4.69) is 35.6 Å². The zero-order valence-electron chi connectivity index (χ0n) is 9.78. The zero-order chi connectivity index (χ0) is 11.3. The Labute approximate surface area is 104 Å². The first-order chi connectivity index (χ1) is 7.79. The molecule has 1 aliphatic rings. The van der Waals surface area contributed by atoms with E-state index in [1.807, 2.05) is 0 Å². The van der Waals surface area contributed by atoms with E-state index in [-0.39, 0.29) is 4.75 Å². The molecule has 1 aromatic carbocycles. The number of hydrogen-bond donors (Lipinski definition) is 2. The van der Waals surface area contributed by atoms with Crippen molar-refractivity contribution in [1.29, 1.82) is 0 Å². The molecule has 16 heavy (non-hydrogen) atoms. The molecule has 2 rings (SSSR count). The summed E-state index contributed by atoms with van der Waals surface area (Å²) >= 11 is 4.83. The molecule has 1 aliphatic carbocycles. The van der Waals surface area contributed by atoms with Gasteiger partial charge in [-0.15, -0.1) is 0 Å². The molecule has 0 aromatic heterocycles. The summed E-state index contributed by atoms with van der Waals surface area (Å²) in [7, 11) is 0. The summed E-state index contributed by atoms with van der Waals surface area (Å²) in [6.07, 6.45) is 6.60. The molecule has 1 aromatic rings. The van der Waals surface area contributed by atoms with Gasteiger partial charge in [-0.25, -0.2) is 0 Å². The minimum Gasteiger partial charge on any atom is -0.311 e. The number of benzene rings is 1. The van der Waals surface area contributed by atoms with Gasteiger partial charge < -0.3 is 5.32 Å². The van der Waals surface area contributed by atoms with Gasteiger partial charge in [0.2, 0.25) is 0 Å². The molecule has 0 heterocycles. The Morgan fingerprint density at radius 1 is 1.06 bits per heavy atom. The van der Waals surface area contributed by atoms with Crippen LogP contribution in [0.5, 0.6) is 0 Å². The van der Waals surface area contributed by atoms with Gasteiger partial charge in [0.1, 0.15) is 0 Å². The second kappa shape index (κ2) is 5.74. The van der Waals surface area contributed by atoms with Gasteiger partial charge in [0, 0.05) is 17.8 Å². The standard InChI is InChI=1S/C14H21NS/c16-14(9-5-2-6-10-14)12-15-11-13-7-3-1-4-8-13/h1,3-4,7-8,15-16H,2,5-6,9-12H2. The van der Waals surface area contributed by atoms with Gasteiger partial charge in [0.15, 0.2) is 0 Å². The highest BCUT2D eigenvalue weighted by atomic mass is 32.1. The van der Waals surface area contributed by atoms with Gasteiger partial charge in [-0.05, 0) is 18.4 Å². The Morgan fingerprint density at radius 3 is 2.44 bits per heavy atom. The summed E-state index contributed by atoms with van der Waals surface area (Å²) in [4.78, 5) is 0. The Kier molecular flexibility index (Phi) is 4.30. The summed E-state index contributed by atoms with van der Waals surface area (Å²) in [6.45, 7) is 1.99. The maximum absolute atomic E-state index is 4.83. The van der Waals surface area contributed by atoms with E-state index in [9.17, 15) is 0 Å². The highest BCUT2D eigenvalue weighted by Crippen LogP contribution is 2.32. The monoisotopic (exact) mass is 235 g/mol. The van der Waals surface area contributed by atoms with Crippen molar-refractivity contribution in [3.8, 4) is 0 Å². The van der Waals surface area contributed by atoms with Crippen molar-refractivity contribution in [3.05, 3.63) is 35.9 Å². The van der Waals surface area contributed by atoms with Crippen molar-refractivity contribution >= 4 is 12.6 Å². The largest absolute Gasteiger partial charge is 0.311 e. The summed E-state index contributed by atoms with van der Waals surface area (Å²) in [5, 5.41) is 3.54. The molecule has 0 amide bonds. The van der Waals surface area contributed by atoms with Crippen LogP contribution in [0.25, 0.3) is 0 Å². The first-order valence-corrected chi connectivity index (χ1v) is 6.70. The van der Waals surface area contributed by atoms with E-state index in [1.165, 1.54) is 37.7 Å². The highest BCUT2D eigenvalue weighted by molar-refractivity contribution is 7.81. The molecular formula is C14H21NS. The van der Waals surface area contributed by atoms with Crippen molar-refractivity contribution in [2.24, 2.45) is 0 Å². The third kappa shape index (κ3) is 3.53. The summed E-state index contributed by atoms with van der Waals surface area (Å²) in [5.74, 6) is 0. The fourth-order valence-corrected chi connectivity index (χ4v) is 2.85. The molecule has 0 atom stereocenters. The van der Waals surface area contributed by atoms with Crippen LogP contribution in [0.15, 0.2) is 30.3 Å². The maximum Gasteiger partial charge on any atom is 0.0254 e. The zero-order valence-corrected chi connectivity index (χ0v) is 10.7. The minimum atomic E-state index is 0.243. The maximum atomic E-state index is 4.83. The third-order valence-corrected chi connectivity index (χ3v) is 4.02. The molecule has 0 saturated heterocycles. The van der Waals surface area contributed by atoms with Crippen LogP contribution in [0.3, 0.4) is 0 Å². The third-order valence-electron chi connectivity index (χ3n) is 3.41. The molecule has 1 fully saturated rings. The highest BCUT2D eigenvalue weighted by Gasteiger charge is 2.27.